The molecule has 2 bridgehead atoms. The Hall–Kier alpha value is -1.73. The molecule has 3 fully saturated rings. The maximum atomic E-state index is 12.7. The molecule has 0 aromatic heterocycles. The average molecular weight is 403 g/mol. The van der Waals surface area contributed by atoms with E-state index in [9.17, 15) is 19.6 Å². The summed E-state index contributed by atoms with van der Waals surface area (Å²) >= 11 is 0. The number of allylic oxidation sites excluding steroid dienone is 2. The van der Waals surface area contributed by atoms with E-state index in [1.807, 2.05) is 27.7 Å². The van der Waals surface area contributed by atoms with E-state index in [-0.39, 0.29) is 53.9 Å². The van der Waals surface area contributed by atoms with Gasteiger partial charge in [0.1, 0.15) is 0 Å². The Morgan fingerprint density at radius 2 is 1.55 bits per heavy atom. The molecule has 0 unspecified atom stereocenters. The van der Waals surface area contributed by atoms with Crippen LogP contribution in [0.25, 0.3) is 0 Å². The number of hydroxylamine groups is 2. The second-order valence-electron chi connectivity index (χ2n) is 10.5. The van der Waals surface area contributed by atoms with Crippen LogP contribution < -0.4 is 5.32 Å². The molecule has 0 spiro atoms. The van der Waals surface area contributed by atoms with Crippen LogP contribution in [0.5, 0.6) is 0 Å². The van der Waals surface area contributed by atoms with Gasteiger partial charge in [-0.1, -0.05) is 12.2 Å². The number of rotatable bonds is 5. The molecular formula is C22H32N3O4. The van der Waals surface area contributed by atoms with Crippen LogP contribution >= 0.6 is 0 Å². The molecule has 1 radical (unpaired) electrons. The minimum atomic E-state index is -0.529. The van der Waals surface area contributed by atoms with Crippen LogP contribution in [-0.4, -0.2) is 51.3 Å². The van der Waals surface area contributed by atoms with Gasteiger partial charge in [0.2, 0.25) is 17.7 Å². The fraction of sp³-hybridized carbons (Fsp3) is 0.773. The maximum Gasteiger partial charge on any atom is 0.233 e. The first-order valence-corrected chi connectivity index (χ1v) is 10.8. The third kappa shape index (κ3) is 3.42. The van der Waals surface area contributed by atoms with Crippen molar-refractivity contribution in [2.75, 3.05) is 6.54 Å². The Morgan fingerprint density at radius 1 is 1.03 bits per heavy atom. The molecule has 1 saturated carbocycles. The summed E-state index contributed by atoms with van der Waals surface area (Å²) in [5.74, 6) is -0.100. The number of nitrogens with zero attached hydrogens (tertiary/aromatic N) is 2. The smallest absolute Gasteiger partial charge is 0.233 e. The lowest BCUT2D eigenvalue weighted by molar-refractivity contribution is -0.290. The summed E-state index contributed by atoms with van der Waals surface area (Å²) in [6.07, 6.45) is 7.06. The largest absolute Gasteiger partial charge is 0.353 e. The molecule has 4 rings (SSSR count). The molecule has 2 heterocycles. The standard InChI is InChI=1S/C22H32N3O4/c1-21(2)11-15(12-22(3,4)25(21)29)23-16(26)6-5-9-24-19(27)17-13-7-8-14(10-13)18(17)20(24)28/h7-8,13-15,17-18H,5-6,9-12H2,1-4H3,(H,23,26)/t13-,14+,17+,18-. The van der Waals surface area contributed by atoms with Gasteiger partial charge in [0.05, 0.1) is 11.8 Å². The lowest BCUT2D eigenvalue weighted by atomic mass is 9.79. The van der Waals surface area contributed by atoms with Crippen molar-refractivity contribution >= 4 is 17.7 Å². The number of imide groups is 1. The van der Waals surface area contributed by atoms with Crippen molar-refractivity contribution in [1.82, 2.24) is 15.3 Å². The zero-order chi connectivity index (χ0) is 21.1. The summed E-state index contributed by atoms with van der Waals surface area (Å²) in [6.45, 7) is 7.94. The lowest BCUT2D eigenvalue weighted by Gasteiger charge is -2.50. The minimum Gasteiger partial charge on any atom is -0.353 e. The number of nitrogens with one attached hydrogen (secondary N) is 1. The van der Waals surface area contributed by atoms with Crippen molar-refractivity contribution in [3.63, 3.8) is 0 Å². The van der Waals surface area contributed by atoms with Crippen LogP contribution in [0.3, 0.4) is 0 Å². The molecule has 2 saturated heterocycles. The summed E-state index contributed by atoms with van der Waals surface area (Å²) < 4.78 is 0. The number of carbonyl (C=O) groups is 3. The van der Waals surface area contributed by atoms with Crippen molar-refractivity contribution < 1.29 is 19.6 Å². The molecule has 0 aromatic carbocycles. The number of fused-ring (bicyclic) bond motifs is 5. The van der Waals surface area contributed by atoms with E-state index in [0.717, 1.165) is 11.5 Å². The highest BCUT2D eigenvalue weighted by Gasteiger charge is 2.59. The van der Waals surface area contributed by atoms with Gasteiger partial charge in [-0.15, -0.1) is 10.3 Å². The normalized spacial score (nSPS) is 35.4. The van der Waals surface area contributed by atoms with Crippen LogP contribution in [-0.2, 0) is 19.6 Å². The molecule has 29 heavy (non-hydrogen) atoms. The molecule has 7 nitrogen and oxygen atoms in total. The van der Waals surface area contributed by atoms with E-state index in [2.05, 4.69) is 17.5 Å². The Morgan fingerprint density at radius 3 is 2.07 bits per heavy atom. The third-order valence-corrected chi connectivity index (χ3v) is 7.30. The van der Waals surface area contributed by atoms with E-state index >= 15 is 0 Å². The molecule has 1 N–H and O–H groups in total. The summed E-state index contributed by atoms with van der Waals surface area (Å²) in [6, 6.07) is -0.0474. The number of hydrogen-bond acceptors (Lipinski definition) is 4. The van der Waals surface area contributed by atoms with Gasteiger partial charge in [-0.3, -0.25) is 19.3 Å². The van der Waals surface area contributed by atoms with E-state index in [4.69, 9.17) is 0 Å². The molecule has 2 aliphatic heterocycles. The topological polar surface area (TPSA) is 89.6 Å². The van der Waals surface area contributed by atoms with E-state index in [1.165, 1.54) is 4.90 Å². The van der Waals surface area contributed by atoms with Gasteiger partial charge in [0.25, 0.3) is 0 Å². The first kappa shape index (κ1) is 20.5. The molecule has 159 valence electrons. The quantitative estimate of drug-likeness (QED) is 0.563. The zero-order valence-corrected chi connectivity index (χ0v) is 17.8. The van der Waals surface area contributed by atoms with Gasteiger partial charge in [-0.25, -0.2) is 0 Å². The second kappa shape index (κ2) is 6.91. The molecule has 4 atom stereocenters. The second-order valence-corrected chi connectivity index (χ2v) is 10.5. The first-order chi connectivity index (χ1) is 13.5. The highest BCUT2D eigenvalue weighted by molar-refractivity contribution is 6.06. The highest BCUT2D eigenvalue weighted by atomic mass is 16.5. The van der Waals surface area contributed by atoms with Gasteiger partial charge in [-0.2, -0.15) is 0 Å². The van der Waals surface area contributed by atoms with Crippen LogP contribution in [0.15, 0.2) is 12.2 Å². The predicted molar refractivity (Wildman–Crippen MR) is 106 cm³/mol. The number of hydrogen-bond donors (Lipinski definition) is 1. The van der Waals surface area contributed by atoms with Crippen LogP contribution in [0.4, 0.5) is 0 Å². The first-order valence-electron chi connectivity index (χ1n) is 10.8. The third-order valence-electron chi connectivity index (χ3n) is 7.30. The Kier molecular flexibility index (Phi) is 4.89. The molecule has 4 aliphatic rings. The van der Waals surface area contributed by atoms with Gasteiger partial charge >= 0.3 is 0 Å². The van der Waals surface area contributed by atoms with Crippen molar-refractivity contribution in [1.29, 1.82) is 0 Å². The van der Waals surface area contributed by atoms with Gasteiger partial charge < -0.3 is 5.32 Å². The maximum absolute atomic E-state index is 12.7. The number of carbonyl (C=O) groups excluding carboxylic acids is 3. The van der Waals surface area contributed by atoms with Crippen LogP contribution in [0.2, 0.25) is 0 Å². The zero-order valence-electron chi connectivity index (χ0n) is 17.8. The Bertz CT molecular complexity index is 711. The van der Waals surface area contributed by atoms with Crippen molar-refractivity contribution in [2.24, 2.45) is 23.7 Å². The monoisotopic (exact) mass is 402 g/mol. The average Bonchev–Trinajstić information content (AvgIpc) is 3.28. The number of amides is 3. The van der Waals surface area contributed by atoms with Crippen molar-refractivity contribution in [3.05, 3.63) is 12.2 Å². The van der Waals surface area contributed by atoms with E-state index in [1.54, 1.807) is 0 Å². The van der Waals surface area contributed by atoms with Crippen LogP contribution in [0.1, 0.15) is 59.8 Å². The summed E-state index contributed by atoms with van der Waals surface area (Å²) in [7, 11) is 0. The summed E-state index contributed by atoms with van der Waals surface area (Å²) in [5.41, 5.74) is -1.06. The molecule has 2 aliphatic carbocycles. The van der Waals surface area contributed by atoms with Crippen molar-refractivity contribution in [2.45, 2.75) is 76.9 Å². The Balaban J connectivity index is 1.27. The molecule has 3 amide bonds. The summed E-state index contributed by atoms with van der Waals surface area (Å²) in [5, 5.41) is 16.6. The van der Waals surface area contributed by atoms with E-state index < -0.39 is 11.1 Å². The fourth-order valence-corrected chi connectivity index (χ4v) is 6.25. The van der Waals surface area contributed by atoms with Gasteiger partial charge in [-0.05, 0) is 65.2 Å². The molecular weight excluding hydrogens is 370 g/mol. The lowest BCUT2D eigenvalue weighted by Crippen LogP contribution is -2.62. The van der Waals surface area contributed by atoms with Crippen molar-refractivity contribution in [3.8, 4) is 0 Å². The molecule has 7 heteroatoms. The predicted octanol–water partition coefficient (Wildman–Crippen LogP) is 2.06. The highest BCUT2D eigenvalue weighted by Crippen LogP contribution is 2.52. The number of likely N-dealkylation sites (tertiary alicyclic amines) is 1. The SMILES string of the molecule is CC1(C)CC(NC(=O)CCCN2C(=O)[C@@H]3[C@H](C2=O)[C@H]2C=C[C@@H]3C2)CC(C)(C)N1[O]. The van der Waals surface area contributed by atoms with Crippen LogP contribution in [0, 0.1) is 23.7 Å². The minimum absolute atomic E-state index is 0.0474. The Labute approximate surface area is 172 Å². The molecule has 0 aromatic rings. The van der Waals surface area contributed by atoms with E-state index in [0.29, 0.717) is 25.8 Å². The van der Waals surface area contributed by atoms with Gasteiger partial charge in [0.15, 0.2) is 0 Å². The number of piperidine rings is 1. The summed E-state index contributed by atoms with van der Waals surface area (Å²) in [4.78, 5) is 39.2. The van der Waals surface area contributed by atoms with Gasteiger partial charge in [0, 0.05) is 30.1 Å². The fourth-order valence-electron chi connectivity index (χ4n) is 6.25.